The van der Waals surface area contributed by atoms with Gasteiger partial charge >= 0.3 is 6.03 Å². The van der Waals surface area contributed by atoms with Crippen LogP contribution >= 0.6 is 0 Å². The van der Waals surface area contributed by atoms with E-state index in [0.717, 1.165) is 0 Å². The molecule has 2 rings (SSSR count). The molecule has 0 bridgehead atoms. The lowest BCUT2D eigenvalue weighted by Crippen LogP contribution is -2.52. The van der Waals surface area contributed by atoms with Crippen molar-refractivity contribution < 1.29 is 18.0 Å². The highest BCUT2D eigenvalue weighted by Crippen LogP contribution is 2.12. The summed E-state index contributed by atoms with van der Waals surface area (Å²) in [6.45, 7) is 3.66. The number of benzene rings is 1. The highest BCUT2D eigenvalue weighted by atomic mass is 32.2. The van der Waals surface area contributed by atoms with Gasteiger partial charge in [-0.05, 0) is 24.5 Å². The van der Waals surface area contributed by atoms with E-state index in [1.807, 2.05) is 19.9 Å². The Balaban J connectivity index is 1.93. The van der Waals surface area contributed by atoms with Gasteiger partial charge in [-0.3, -0.25) is 4.79 Å². The Kier molecular flexibility index (Phi) is 5.82. The first kappa shape index (κ1) is 18.3. The van der Waals surface area contributed by atoms with Crippen LogP contribution in [0.1, 0.15) is 20.3 Å². The molecular weight excluding hydrogens is 330 g/mol. The van der Waals surface area contributed by atoms with E-state index in [2.05, 4.69) is 16.0 Å². The molecule has 0 saturated carbocycles. The van der Waals surface area contributed by atoms with Gasteiger partial charge in [0.25, 0.3) is 0 Å². The molecule has 8 heteroatoms. The Labute approximate surface area is 142 Å². The summed E-state index contributed by atoms with van der Waals surface area (Å²) in [5.74, 6) is -0.402. The van der Waals surface area contributed by atoms with Crippen LogP contribution in [0.5, 0.6) is 0 Å². The summed E-state index contributed by atoms with van der Waals surface area (Å²) >= 11 is 0. The number of rotatable bonds is 5. The second-order valence-electron chi connectivity index (χ2n) is 6.29. The Bertz CT molecular complexity index is 689. The van der Waals surface area contributed by atoms with E-state index in [9.17, 15) is 18.0 Å². The second-order valence-corrected chi connectivity index (χ2v) is 8.52. The number of nitrogens with one attached hydrogen (secondary N) is 3. The van der Waals surface area contributed by atoms with Crippen LogP contribution in [0.4, 0.5) is 10.5 Å². The average molecular weight is 353 g/mol. The average Bonchev–Trinajstić information content (AvgIpc) is 2.84. The molecule has 7 nitrogen and oxygen atoms in total. The first-order valence-electron chi connectivity index (χ1n) is 7.90. The fraction of sp³-hybridized carbons (Fsp3) is 0.500. The van der Waals surface area contributed by atoms with Gasteiger partial charge in [0.2, 0.25) is 5.91 Å². The summed E-state index contributed by atoms with van der Waals surface area (Å²) < 4.78 is 22.9. The van der Waals surface area contributed by atoms with Crippen LogP contribution in [-0.4, -0.2) is 43.9 Å². The minimum absolute atomic E-state index is 0.0526. The highest BCUT2D eigenvalue weighted by molar-refractivity contribution is 7.91. The van der Waals surface area contributed by atoms with Crippen LogP contribution in [0.25, 0.3) is 0 Å². The number of para-hydroxylation sites is 1. The molecule has 0 unspecified atom stereocenters. The molecule has 1 aromatic carbocycles. The van der Waals surface area contributed by atoms with Crippen LogP contribution in [0, 0.1) is 5.92 Å². The smallest absolute Gasteiger partial charge is 0.315 e. The number of urea groups is 1. The number of sulfone groups is 1. The summed E-state index contributed by atoms with van der Waals surface area (Å²) in [5.41, 5.74) is 0.650. The molecule has 1 fully saturated rings. The van der Waals surface area contributed by atoms with E-state index in [-0.39, 0.29) is 23.3 Å². The minimum Gasteiger partial charge on any atom is -0.334 e. The predicted molar refractivity (Wildman–Crippen MR) is 92.4 cm³/mol. The molecule has 2 atom stereocenters. The zero-order chi connectivity index (χ0) is 17.7. The number of carbonyl (C=O) groups excluding carboxylic acids is 2. The molecule has 132 valence electrons. The van der Waals surface area contributed by atoms with Gasteiger partial charge in [-0.2, -0.15) is 0 Å². The Morgan fingerprint density at radius 3 is 2.38 bits per heavy atom. The van der Waals surface area contributed by atoms with E-state index < -0.39 is 28.0 Å². The molecule has 1 saturated heterocycles. The number of carbonyl (C=O) groups is 2. The van der Waals surface area contributed by atoms with E-state index in [0.29, 0.717) is 12.1 Å². The maximum Gasteiger partial charge on any atom is 0.315 e. The van der Waals surface area contributed by atoms with Crippen molar-refractivity contribution in [3.05, 3.63) is 30.3 Å². The van der Waals surface area contributed by atoms with Gasteiger partial charge < -0.3 is 16.0 Å². The topological polar surface area (TPSA) is 104 Å². The molecule has 0 radical (unpaired) electrons. The van der Waals surface area contributed by atoms with E-state index >= 15 is 0 Å². The van der Waals surface area contributed by atoms with Crippen molar-refractivity contribution >= 4 is 27.5 Å². The lowest BCUT2D eigenvalue weighted by molar-refractivity contribution is -0.118. The third-order valence-electron chi connectivity index (χ3n) is 3.84. The zero-order valence-corrected chi connectivity index (χ0v) is 14.6. The summed E-state index contributed by atoms with van der Waals surface area (Å²) in [5, 5.41) is 8.02. The summed E-state index contributed by atoms with van der Waals surface area (Å²) in [7, 11) is -3.06. The monoisotopic (exact) mass is 353 g/mol. The third kappa shape index (κ3) is 5.23. The molecule has 3 N–H and O–H groups in total. The molecule has 1 heterocycles. The number of hydrogen-bond acceptors (Lipinski definition) is 4. The van der Waals surface area contributed by atoms with Crippen molar-refractivity contribution in [3.63, 3.8) is 0 Å². The largest absolute Gasteiger partial charge is 0.334 e. The normalized spacial score (nSPS) is 20.4. The third-order valence-corrected chi connectivity index (χ3v) is 5.61. The second kappa shape index (κ2) is 7.65. The lowest BCUT2D eigenvalue weighted by Gasteiger charge is -2.23. The molecule has 1 aliphatic rings. The molecule has 0 aromatic heterocycles. The summed E-state index contributed by atoms with van der Waals surface area (Å²) in [6, 6.07) is 7.33. The number of amides is 3. The van der Waals surface area contributed by atoms with Crippen LogP contribution in [0.3, 0.4) is 0 Å². The first-order chi connectivity index (χ1) is 11.3. The number of hydrogen-bond donors (Lipinski definition) is 3. The minimum atomic E-state index is -3.06. The van der Waals surface area contributed by atoms with E-state index in [1.165, 1.54) is 0 Å². The van der Waals surface area contributed by atoms with Crippen molar-refractivity contribution in [1.29, 1.82) is 0 Å². The van der Waals surface area contributed by atoms with Gasteiger partial charge in [-0.1, -0.05) is 32.0 Å². The zero-order valence-electron chi connectivity index (χ0n) is 13.8. The summed E-state index contributed by atoms with van der Waals surface area (Å²) in [6.07, 6.45) is 0.401. The fourth-order valence-electron chi connectivity index (χ4n) is 2.55. The van der Waals surface area contributed by atoms with Gasteiger partial charge in [0.15, 0.2) is 9.84 Å². The molecular formula is C16H23N3O4S. The molecule has 0 aliphatic carbocycles. The number of anilines is 1. The molecule has 1 aliphatic heterocycles. The fourth-order valence-corrected chi connectivity index (χ4v) is 4.23. The molecule has 1 aromatic rings. The SMILES string of the molecule is CC(C)[C@H](NC(=O)N[C@H]1CCS(=O)(=O)C1)C(=O)Nc1ccccc1. The highest BCUT2D eigenvalue weighted by Gasteiger charge is 2.30. The van der Waals surface area contributed by atoms with Gasteiger partial charge in [-0.25, -0.2) is 13.2 Å². The Morgan fingerprint density at radius 1 is 1.17 bits per heavy atom. The maximum absolute atomic E-state index is 12.4. The quantitative estimate of drug-likeness (QED) is 0.738. The molecule has 24 heavy (non-hydrogen) atoms. The summed E-state index contributed by atoms with van der Waals surface area (Å²) in [4.78, 5) is 24.5. The molecule has 3 amide bonds. The predicted octanol–water partition coefficient (Wildman–Crippen LogP) is 1.14. The van der Waals surface area contributed by atoms with Crippen molar-refractivity contribution in [2.24, 2.45) is 5.92 Å². The van der Waals surface area contributed by atoms with Crippen molar-refractivity contribution in [3.8, 4) is 0 Å². The van der Waals surface area contributed by atoms with Gasteiger partial charge in [0.1, 0.15) is 6.04 Å². The van der Waals surface area contributed by atoms with Gasteiger partial charge in [0.05, 0.1) is 11.5 Å². The van der Waals surface area contributed by atoms with Crippen LogP contribution in [0.15, 0.2) is 30.3 Å². The maximum atomic E-state index is 12.4. The first-order valence-corrected chi connectivity index (χ1v) is 9.72. The van der Waals surface area contributed by atoms with Crippen LogP contribution in [-0.2, 0) is 14.6 Å². The Morgan fingerprint density at radius 2 is 1.83 bits per heavy atom. The standard InChI is InChI=1S/C16H23N3O4S/c1-11(2)14(15(20)17-12-6-4-3-5-7-12)19-16(21)18-13-8-9-24(22,23)10-13/h3-7,11,13-14H,8-10H2,1-2H3,(H,17,20)(H2,18,19,21)/t13-,14-/m0/s1. The van der Waals surface area contributed by atoms with Gasteiger partial charge in [0, 0.05) is 11.7 Å². The van der Waals surface area contributed by atoms with E-state index in [4.69, 9.17) is 0 Å². The van der Waals surface area contributed by atoms with E-state index in [1.54, 1.807) is 24.3 Å². The molecule has 0 spiro atoms. The van der Waals surface area contributed by atoms with Crippen LogP contribution in [0.2, 0.25) is 0 Å². The van der Waals surface area contributed by atoms with Crippen molar-refractivity contribution in [2.45, 2.75) is 32.4 Å². The van der Waals surface area contributed by atoms with Crippen LogP contribution < -0.4 is 16.0 Å². The Hall–Kier alpha value is -2.09. The van der Waals surface area contributed by atoms with Gasteiger partial charge in [-0.15, -0.1) is 0 Å². The van der Waals surface area contributed by atoms with Crippen molar-refractivity contribution in [1.82, 2.24) is 10.6 Å². The van der Waals surface area contributed by atoms with Crippen molar-refractivity contribution in [2.75, 3.05) is 16.8 Å². The lowest BCUT2D eigenvalue weighted by atomic mass is 10.0.